The molecule has 0 bridgehead atoms. The molecule has 3 heteroatoms. The van der Waals surface area contributed by atoms with Gasteiger partial charge in [0.2, 0.25) is 0 Å². The fourth-order valence-electron chi connectivity index (χ4n) is 1.28. The highest BCUT2D eigenvalue weighted by atomic mass is 16.3. The van der Waals surface area contributed by atoms with E-state index in [-0.39, 0.29) is 0 Å². The Bertz CT molecular complexity index is 491. The minimum Gasteiger partial charge on any atom is -0.508 e. The quantitative estimate of drug-likeness (QED) is 0.579. The minimum absolute atomic E-state index is 0.322. The summed E-state index contributed by atoms with van der Waals surface area (Å²) in [6.07, 6.45) is 0. The van der Waals surface area contributed by atoms with Crippen molar-refractivity contribution >= 4 is 0 Å². The van der Waals surface area contributed by atoms with E-state index >= 15 is 0 Å². The van der Waals surface area contributed by atoms with E-state index in [0.29, 0.717) is 17.2 Å². The molecule has 3 aromatic rings. The van der Waals surface area contributed by atoms with Gasteiger partial charge in [0.05, 0.1) is 0 Å². The van der Waals surface area contributed by atoms with Crippen molar-refractivity contribution in [3.05, 3.63) is 91.0 Å². The Labute approximate surface area is 124 Å². The van der Waals surface area contributed by atoms with Crippen LogP contribution in [0.25, 0.3) is 0 Å². The largest absolute Gasteiger partial charge is 0.508 e. The Kier molecular flexibility index (Phi) is 7.61. The molecule has 0 spiro atoms. The van der Waals surface area contributed by atoms with Crippen molar-refractivity contribution in [2.45, 2.75) is 0 Å². The van der Waals surface area contributed by atoms with Gasteiger partial charge in [0.1, 0.15) is 17.2 Å². The zero-order chi connectivity index (χ0) is 15.3. The van der Waals surface area contributed by atoms with Crippen molar-refractivity contribution in [1.82, 2.24) is 0 Å². The molecule has 3 N–H and O–H groups in total. The smallest absolute Gasteiger partial charge is 0.115 e. The molecule has 0 heterocycles. The van der Waals surface area contributed by atoms with Gasteiger partial charge in [0.25, 0.3) is 0 Å². The molecule has 21 heavy (non-hydrogen) atoms. The van der Waals surface area contributed by atoms with Crippen LogP contribution in [-0.2, 0) is 0 Å². The number of para-hydroxylation sites is 3. The third-order valence-corrected chi connectivity index (χ3v) is 2.27. The Morgan fingerprint density at radius 3 is 0.619 bits per heavy atom. The number of hydrogen-bond acceptors (Lipinski definition) is 3. The number of hydrogen-bond donors (Lipinski definition) is 3. The van der Waals surface area contributed by atoms with Crippen molar-refractivity contribution in [3.8, 4) is 17.2 Å². The molecule has 0 radical (unpaired) electrons. The fourth-order valence-corrected chi connectivity index (χ4v) is 1.28. The molecular formula is C18H18O3. The van der Waals surface area contributed by atoms with E-state index in [4.69, 9.17) is 15.3 Å². The van der Waals surface area contributed by atoms with Gasteiger partial charge in [0.15, 0.2) is 0 Å². The normalized spacial score (nSPS) is 8.57. The van der Waals surface area contributed by atoms with Crippen LogP contribution in [0.5, 0.6) is 17.2 Å². The van der Waals surface area contributed by atoms with Crippen LogP contribution < -0.4 is 0 Å². The summed E-state index contributed by atoms with van der Waals surface area (Å²) in [6, 6.07) is 26.1. The first-order valence-corrected chi connectivity index (χ1v) is 6.40. The molecule has 0 fully saturated rings. The van der Waals surface area contributed by atoms with E-state index in [1.165, 1.54) is 0 Å². The third-order valence-electron chi connectivity index (χ3n) is 2.27. The average molecular weight is 282 g/mol. The van der Waals surface area contributed by atoms with Crippen molar-refractivity contribution < 1.29 is 15.3 Å². The first-order valence-electron chi connectivity index (χ1n) is 6.40. The number of benzene rings is 3. The molecule has 0 aliphatic heterocycles. The predicted molar refractivity (Wildman–Crippen MR) is 84.3 cm³/mol. The van der Waals surface area contributed by atoms with Crippen LogP contribution in [0.2, 0.25) is 0 Å². The Morgan fingerprint density at radius 1 is 0.333 bits per heavy atom. The molecule has 0 saturated heterocycles. The molecular weight excluding hydrogens is 264 g/mol. The van der Waals surface area contributed by atoms with E-state index in [9.17, 15) is 0 Å². The van der Waals surface area contributed by atoms with Crippen molar-refractivity contribution in [3.63, 3.8) is 0 Å². The summed E-state index contributed by atoms with van der Waals surface area (Å²) in [5.41, 5.74) is 0. The lowest BCUT2D eigenvalue weighted by atomic mass is 10.3. The summed E-state index contributed by atoms with van der Waals surface area (Å²) in [5, 5.41) is 25.9. The predicted octanol–water partition coefficient (Wildman–Crippen LogP) is 4.18. The van der Waals surface area contributed by atoms with Gasteiger partial charge in [-0.15, -0.1) is 0 Å². The molecule has 0 aromatic heterocycles. The van der Waals surface area contributed by atoms with Crippen molar-refractivity contribution in [1.29, 1.82) is 0 Å². The van der Waals surface area contributed by atoms with E-state index in [2.05, 4.69) is 0 Å². The van der Waals surface area contributed by atoms with E-state index in [1.54, 1.807) is 72.8 Å². The lowest BCUT2D eigenvalue weighted by Crippen LogP contribution is -1.56. The third kappa shape index (κ3) is 8.72. The topological polar surface area (TPSA) is 60.7 Å². The van der Waals surface area contributed by atoms with Gasteiger partial charge in [0, 0.05) is 0 Å². The van der Waals surface area contributed by atoms with Gasteiger partial charge in [-0.05, 0) is 36.4 Å². The molecule has 3 rings (SSSR count). The summed E-state index contributed by atoms with van der Waals surface area (Å²) in [5.74, 6) is 0.965. The van der Waals surface area contributed by atoms with Crippen LogP contribution in [0.4, 0.5) is 0 Å². The molecule has 0 aliphatic rings. The molecule has 0 unspecified atom stereocenters. The summed E-state index contributed by atoms with van der Waals surface area (Å²) in [4.78, 5) is 0. The van der Waals surface area contributed by atoms with Crippen molar-refractivity contribution in [2.24, 2.45) is 0 Å². The van der Waals surface area contributed by atoms with Crippen LogP contribution in [0, 0.1) is 0 Å². The van der Waals surface area contributed by atoms with Crippen LogP contribution >= 0.6 is 0 Å². The minimum atomic E-state index is 0.322. The average Bonchev–Trinajstić information content (AvgIpc) is 2.51. The van der Waals surface area contributed by atoms with E-state index in [0.717, 1.165) is 0 Å². The standard InChI is InChI=1S/3C6H6O/c3*7-6-4-2-1-3-5-6/h3*1-5,7H. The van der Waals surface area contributed by atoms with Crippen LogP contribution in [0.3, 0.4) is 0 Å². The van der Waals surface area contributed by atoms with E-state index in [1.807, 2.05) is 18.2 Å². The van der Waals surface area contributed by atoms with Gasteiger partial charge < -0.3 is 15.3 Å². The van der Waals surface area contributed by atoms with Crippen molar-refractivity contribution in [2.75, 3.05) is 0 Å². The molecule has 0 aliphatic carbocycles. The molecule has 0 amide bonds. The highest BCUT2D eigenvalue weighted by Gasteiger charge is 1.76. The summed E-state index contributed by atoms with van der Waals surface area (Å²) < 4.78 is 0. The van der Waals surface area contributed by atoms with E-state index < -0.39 is 0 Å². The van der Waals surface area contributed by atoms with Gasteiger partial charge in [-0.25, -0.2) is 0 Å². The van der Waals surface area contributed by atoms with Crippen LogP contribution in [0.1, 0.15) is 0 Å². The first kappa shape index (κ1) is 16.1. The van der Waals surface area contributed by atoms with Crippen LogP contribution in [-0.4, -0.2) is 15.3 Å². The second-order valence-electron chi connectivity index (χ2n) is 4.01. The van der Waals surface area contributed by atoms with Gasteiger partial charge in [-0.1, -0.05) is 54.6 Å². The second kappa shape index (κ2) is 9.92. The van der Waals surface area contributed by atoms with Gasteiger partial charge in [-0.3, -0.25) is 0 Å². The highest BCUT2D eigenvalue weighted by Crippen LogP contribution is 2.04. The number of rotatable bonds is 0. The van der Waals surface area contributed by atoms with Gasteiger partial charge >= 0.3 is 0 Å². The number of phenols is 3. The maximum Gasteiger partial charge on any atom is 0.115 e. The van der Waals surface area contributed by atoms with Gasteiger partial charge in [-0.2, -0.15) is 0 Å². The monoisotopic (exact) mass is 282 g/mol. The molecule has 3 aromatic carbocycles. The summed E-state index contributed by atoms with van der Waals surface area (Å²) >= 11 is 0. The summed E-state index contributed by atoms with van der Waals surface area (Å²) in [7, 11) is 0. The lowest BCUT2D eigenvalue weighted by Gasteiger charge is -1.82. The highest BCUT2D eigenvalue weighted by molar-refractivity contribution is 5.19. The maximum atomic E-state index is 8.63. The molecule has 3 nitrogen and oxygen atoms in total. The Balaban J connectivity index is 0.000000157. The molecule has 108 valence electrons. The molecule has 0 atom stereocenters. The Hall–Kier alpha value is -2.94. The number of aromatic hydroxyl groups is 3. The maximum absolute atomic E-state index is 8.63. The molecule has 0 saturated carbocycles. The zero-order valence-electron chi connectivity index (χ0n) is 11.5. The van der Waals surface area contributed by atoms with Crippen LogP contribution in [0.15, 0.2) is 91.0 Å². The second-order valence-corrected chi connectivity index (χ2v) is 4.01. The SMILES string of the molecule is Oc1ccccc1.Oc1ccccc1.Oc1ccccc1. The summed E-state index contributed by atoms with van der Waals surface area (Å²) in [6.45, 7) is 0. The zero-order valence-corrected chi connectivity index (χ0v) is 11.5. The Morgan fingerprint density at radius 2 is 0.524 bits per heavy atom. The lowest BCUT2D eigenvalue weighted by molar-refractivity contribution is 0.475. The first-order chi connectivity index (χ1) is 10.2. The fraction of sp³-hybridized carbons (Fsp3) is 0. The number of phenolic OH excluding ortho intramolecular Hbond substituents is 3.